The molecule has 0 saturated heterocycles. The molecule has 0 aromatic heterocycles. The van der Waals surface area contributed by atoms with E-state index < -0.39 is 30.0 Å². The molecule has 2 N–H and O–H groups in total. The third kappa shape index (κ3) is 5.33. The first kappa shape index (κ1) is 20.2. The number of benzene rings is 1. The Hall–Kier alpha value is -2.84. The van der Waals surface area contributed by atoms with E-state index >= 15 is 4.39 Å². The van der Waals surface area contributed by atoms with Gasteiger partial charge in [-0.3, -0.25) is 10.6 Å². The topological polar surface area (TPSA) is 103 Å². The van der Waals surface area contributed by atoms with Gasteiger partial charge in [-0.25, -0.2) is 18.8 Å². The van der Waals surface area contributed by atoms with Crippen molar-refractivity contribution in [3.63, 3.8) is 0 Å². The van der Waals surface area contributed by atoms with E-state index in [1.165, 1.54) is 6.92 Å². The number of hydrogen-bond donors (Lipinski definition) is 2. The minimum atomic E-state index is -2.51. The number of alkyl halides is 1. The van der Waals surface area contributed by atoms with Gasteiger partial charge in [-0.2, -0.15) is 0 Å². The lowest BCUT2D eigenvalue weighted by molar-refractivity contribution is -0.155. The highest BCUT2D eigenvalue weighted by Crippen LogP contribution is 2.20. The normalized spacial score (nSPS) is 11.8. The van der Waals surface area contributed by atoms with E-state index in [2.05, 4.69) is 9.47 Å². The van der Waals surface area contributed by atoms with Crippen LogP contribution in [0.1, 0.15) is 12.5 Å². The van der Waals surface area contributed by atoms with Crippen molar-refractivity contribution in [3.8, 4) is 0 Å². The first-order valence-corrected chi connectivity index (χ1v) is 7.47. The zero-order valence-electron chi connectivity index (χ0n) is 14.2. The summed E-state index contributed by atoms with van der Waals surface area (Å²) < 4.78 is 28.8. The Morgan fingerprint density at radius 3 is 2.04 bits per heavy atom. The minimum absolute atomic E-state index is 0.0929. The van der Waals surface area contributed by atoms with Gasteiger partial charge in [-0.15, -0.1) is 0 Å². The van der Waals surface area contributed by atoms with Crippen LogP contribution in [-0.2, 0) is 25.4 Å². The molecule has 0 aliphatic heterocycles. The van der Waals surface area contributed by atoms with E-state index in [0.29, 0.717) is 5.56 Å². The summed E-state index contributed by atoms with van der Waals surface area (Å²) in [5, 5.41) is 4.05. The van der Waals surface area contributed by atoms with Crippen molar-refractivity contribution in [3.05, 3.63) is 35.9 Å². The highest BCUT2D eigenvalue weighted by Gasteiger charge is 2.51. The Bertz CT molecular complexity index is 578. The fraction of sp³-hybridized carbons (Fsp3) is 0.438. The SMILES string of the molecule is CCOC(=O)C(NC(=O)OC)(NC(=O)OC)C(F)Cc1ccccc1. The van der Waals surface area contributed by atoms with Gasteiger partial charge in [0, 0.05) is 6.42 Å². The second kappa shape index (κ2) is 9.45. The first-order valence-electron chi connectivity index (χ1n) is 7.47. The van der Waals surface area contributed by atoms with Crippen molar-refractivity contribution in [2.75, 3.05) is 20.8 Å². The van der Waals surface area contributed by atoms with Gasteiger partial charge in [-0.05, 0) is 12.5 Å². The number of methoxy groups -OCH3 is 2. The fourth-order valence-electron chi connectivity index (χ4n) is 2.06. The van der Waals surface area contributed by atoms with E-state index in [9.17, 15) is 14.4 Å². The van der Waals surface area contributed by atoms with Gasteiger partial charge in [0.25, 0.3) is 0 Å². The fourth-order valence-corrected chi connectivity index (χ4v) is 2.06. The molecule has 1 aromatic rings. The largest absolute Gasteiger partial charge is 0.463 e. The Morgan fingerprint density at radius 2 is 1.60 bits per heavy atom. The molecule has 9 heteroatoms. The number of carbonyl (C=O) groups excluding carboxylic acids is 3. The number of nitrogens with one attached hydrogen (secondary N) is 2. The van der Waals surface area contributed by atoms with Gasteiger partial charge in [0.2, 0.25) is 5.66 Å². The Balaban J connectivity index is 3.25. The van der Waals surface area contributed by atoms with Crippen LogP contribution < -0.4 is 10.6 Å². The molecule has 0 fully saturated rings. The maximum atomic E-state index is 15.1. The molecule has 1 rings (SSSR count). The van der Waals surface area contributed by atoms with Gasteiger partial charge >= 0.3 is 18.2 Å². The lowest BCUT2D eigenvalue weighted by Crippen LogP contribution is -2.71. The lowest BCUT2D eigenvalue weighted by atomic mass is 9.97. The maximum Gasteiger partial charge on any atom is 0.409 e. The molecule has 8 nitrogen and oxygen atoms in total. The van der Waals surface area contributed by atoms with Crippen LogP contribution in [0.4, 0.5) is 14.0 Å². The van der Waals surface area contributed by atoms with Crippen LogP contribution in [0, 0.1) is 0 Å². The molecule has 0 aliphatic carbocycles. The molecule has 1 aromatic carbocycles. The molecule has 0 heterocycles. The number of hydrogen-bond acceptors (Lipinski definition) is 6. The molecule has 0 saturated carbocycles. The number of esters is 1. The maximum absolute atomic E-state index is 15.1. The predicted molar refractivity (Wildman–Crippen MR) is 85.5 cm³/mol. The number of halogens is 1. The van der Waals surface area contributed by atoms with Gasteiger partial charge in [0.1, 0.15) is 0 Å². The second-order valence-corrected chi connectivity index (χ2v) is 4.92. The van der Waals surface area contributed by atoms with Crippen LogP contribution in [0.3, 0.4) is 0 Å². The van der Waals surface area contributed by atoms with Crippen molar-refractivity contribution in [1.29, 1.82) is 0 Å². The number of carbonyl (C=O) groups is 3. The summed E-state index contributed by atoms with van der Waals surface area (Å²) in [6, 6.07) is 8.40. The summed E-state index contributed by atoms with van der Waals surface area (Å²) in [7, 11) is 2.07. The summed E-state index contributed by atoms with van der Waals surface area (Å²) in [5.41, 5.74) is -1.96. The van der Waals surface area contributed by atoms with Gasteiger partial charge in [-0.1, -0.05) is 30.3 Å². The molecule has 0 bridgehead atoms. The van der Waals surface area contributed by atoms with E-state index in [0.717, 1.165) is 14.2 Å². The third-order valence-corrected chi connectivity index (χ3v) is 3.29. The minimum Gasteiger partial charge on any atom is -0.463 e. The van der Waals surface area contributed by atoms with Gasteiger partial charge in [0.15, 0.2) is 6.17 Å². The molecule has 2 amide bonds. The number of rotatable bonds is 7. The second-order valence-electron chi connectivity index (χ2n) is 4.92. The number of alkyl carbamates (subject to hydrolysis) is 2. The van der Waals surface area contributed by atoms with Gasteiger partial charge < -0.3 is 14.2 Å². The molecule has 0 spiro atoms. The van der Waals surface area contributed by atoms with Crippen molar-refractivity contribution in [2.45, 2.75) is 25.2 Å². The zero-order chi connectivity index (χ0) is 18.9. The zero-order valence-corrected chi connectivity index (χ0v) is 14.2. The Morgan fingerprint density at radius 1 is 1.08 bits per heavy atom. The van der Waals surface area contributed by atoms with Crippen LogP contribution in [0.25, 0.3) is 0 Å². The molecule has 25 heavy (non-hydrogen) atoms. The summed E-state index contributed by atoms with van der Waals surface area (Å²) >= 11 is 0. The first-order chi connectivity index (χ1) is 11.9. The summed E-state index contributed by atoms with van der Waals surface area (Å²) in [6.07, 6.45) is -4.60. The third-order valence-electron chi connectivity index (χ3n) is 3.29. The van der Waals surface area contributed by atoms with E-state index in [1.54, 1.807) is 30.3 Å². The van der Waals surface area contributed by atoms with Crippen LogP contribution in [0.2, 0.25) is 0 Å². The summed E-state index contributed by atoms with van der Waals surface area (Å²) in [4.78, 5) is 35.7. The highest BCUT2D eigenvalue weighted by molar-refractivity contribution is 5.90. The molecule has 1 unspecified atom stereocenters. The van der Waals surface area contributed by atoms with E-state index in [1.807, 2.05) is 10.6 Å². The van der Waals surface area contributed by atoms with Crippen molar-refractivity contribution < 1.29 is 33.0 Å². The molecule has 0 aliphatic rings. The summed E-state index contributed by atoms with van der Waals surface area (Å²) in [5.74, 6) is -1.19. The van der Waals surface area contributed by atoms with Gasteiger partial charge in [0.05, 0.1) is 20.8 Å². The highest BCUT2D eigenvalue weighted by atomic mass is 19.1. The Labute approximate surface area is 144 Å². The smallest absolute Gasteiger partial charge is 0.409 e. The van der Waals surface area contributed by atoms with Crippen LogP contribution in [0.15, 0.2) is 30.3 Å². The molecular formula is C16H21FN2O6. The van der Waals surface area contributed by atoms with Crippen LogP contribution >= 0.6 is 0 Å². The standard InChI is InChI=1S/C16H21FN2O6/c1-4-25-13(20)16(18-14(21)23-2,19-15(22)24-3)12(17)10-11-8-6-5-7-9-11/h5-9,12H,4,10H2,1-3H3,(H,18,21)(H,19,22). The number of amides is 2. The predicted octanol–water partition coefficient (Wildman–Crippen LogP) is 1.54. The van der Waals surface area contributed by atoms with Crippen LogP contribution in [0.5, 0.6) is 0 Å². The van der Waals surface area contributed by atoms with Crippen molar-refractivity contribution in [2.24, 2.45) is 0 Å². The molecule has 1 atom stereocenters. The Kier molecular flexibility index (Phi) is 7.64. The van der Waals surface area contributed by atoms with E-state index in [-0.39, 0.29) is 13.0 Å². The quantitative estimate of drug-likeness (QED) is 0.436. The average Bonchev–Trinajstić information content (AvgIpc) is 2.61. The molecular weight excluding hydrogens is 335 g/mol. The van der Waals surface area contributed by atoms with E-state index in [4.69, 9.17) is 4.74 Å². The monoisotopic (exact) mass is 356 g/mol. The number of ether oxygens (including phenoxy) is 3. The average molecular weight is 356 g/mol. The van der Waals surface area contributed by atoms with Crippen molar-refractivity contribution >= 4 is 18.2 Å². The molecule has 138 valence electrons. The lowest BCUT2D eigenvalue weighted by Gasteiger charge is -2.34. The van der Waals surface area contributed by atoms with Crippen LogP contribution in [-0.4, -0.2) is 50.8 Å². The summed E-state index contributed by atoms with van der Waals surface area (Å²) in [6.45, 7) is 1.41. The molecule has 0 radical (unpaired) electrons. The van der Waals surface area contributed by atoms with Crippen molar-refractivity contribution in [1.82, 2.24) is 10.6 Å².